The Morgan fingerprint density at radius 1 is 1.03 bits per heavy atom. The fourth-order valence-corrected chi connectivity index (χ4v) is 4.11. The molecule has 3 N–H and O–H groups in total. The second-order valence-electron chi connectivity index (χ2n) is 8.49. The average molecular weight is 499 g/mol. The van der Waals surface area contributed by atoms with Crippen LogP contribution >= 0.6 is 0 Å². The summed E-state index contributed by atoms with van der Waals surface area (Å²) in [7, 11) is 0. The maximum absolute atomic E-state index is 13.4. The Hall–Kier alpha value is -4.92. The van der Waals surface area contributed by atoms with Crippen molar-refractivity contribution in [2.45, 2.75) is 18.9 Å². The van der Waals surface area contributed by atoms with Crippen molar-refractivity contribution in [2.75, 3.05) is 5.32 Å². The second kappa shape index (κ2) is 10.4. The van der Waals surface area contributed by atoms with Crippen LogP contribution in [-0.4, -0.2) is 21.0 Å². The van der Waals surface area contributed by atoms with E-state index < -0.39 is 17.7 Å². The zero-order chi connectivity index (χ0) is 25.8. The molecule has 0 saturated carbocycles. The molecular formula is C28H23FN4O4. The minimum absolute atomic E-state index is 0.00292. The first-order chi connectivity index (χ1) is 18.0. The predicted molar refractivity (Wildman–Crippen MR) is 136 cm³/mol. The summed E-state index contributed by atoms with van der Waals surface area (Å²) in [5.74, 6) is -1.17. The number of benzene rings is 3. The Labute approximate surface area is 211 Å². The van der Waals surface area contributed by atoms with Crippen molar-refractivity contribution in [3.05, 3.63) is 119 Å². The fraction of sp³-hybridized carbons (Fsp3) is 0.107. The summed E-state index contributed by atoms with van der Waals surface area (Å²) in [4.78, 5) is 19.2. The number of aliphatic carboxylic acids is 1. The molecule has 5 rings (SSSR count). The average Bonchev–Trinajstić information content (AvgIpc) is 3.32. The highest BCUT2D eigenvalue weighted by Gasteiger charge is 2.27. The number of halogens is 1. The van der Waals surface area contributed by atoms with Crippen LogP contribution in [0.1, 0.15) is 29.2 Å². The van der Waals surface area contributed by atoms with Gasteiger partial charge >= 0.3 is 11.8 Å². The molecule has 3 aromatic carbocycles. The van der Waals surface area contributed by atoms with Gasteiger partial charge in [-0.3, -0.25) is 4.79 Å². The molecule has 0 aliphatic rings. The van der Waals surface area contributed by atoms with Crippen LogP contribution in [0.3, 0.4) is 0 Å². The number of H-pyrrole nitrogens is 1. The van der Waals surface area contributed by atoms with Gasteiger partial charge in [-0.05, 0) is 53.6 Å². The normalized spacial score (nSPS) is 11.8. The number of carboxylic acids is 1. The number of carboxylic acid groups (broad SMARTS) is 1. The molecule has 8 nitrogen and oxygen atoms in total. The van der Waals surface area contributed by atoms with Gasteiger partial charge in [-0.1, -0.05) is 36.4 Å². The Morgan fingerprint density at radius 2 is 1.78 bits per heavy atom. The summed E-state index contributed by atoms with van der Waals surface area (Å²) >= 11 is 0. The van der Waals surface area contributed by atoms with Gasteiger partial charge in [0.2, 0.25) is 11.6 Å². The molecule has 2 heterocycles. The zero-order valence-corrected chi connectivity index (χ0v) is 19.6. The summed E-state index contributed by atoms with van der Waals surface area (Å²) in [5, 5.41) is 25.8. The van der Waals surface area contributed by atoms with Gasteiger partial charge < -0.3 is 25.4 Å². The van der Waals surface area contributed by atoms with Gasteiger partial charge in [-0.2, -0.15) is 0 Å². The number of nitrogens with zero attached hydrogens (tertiary/aromatic N) is 2. The smallest absolute Gasteiger partial charge is 0.385 e. The van der Waals surface area contributed by atoms with E-state index in [9.17, 15) is 19.5 Å². The molecule has 0 aliphatic carbocycles. The molecule has 0 saturated heterocycles. The van der Waals surface area contributed by atoms with Crippen molar-refractivity contribution in [1.82, 2.24) is 9.97 Å². The van der Waals surface area contributed by atoms with Gasteiger partial charge in [-0.25, -0.2) is 9.37 Å². The number of hydrogen-bond donors (Lipinski definition) is 3. The Kier molecular flexibility index (Phi) is 6.67. The Morgan fingerprint density at radius 3 is 2.51 bits per heavy atom. The van der Waals surface area contributed by atoms with E-state index in [1.165, 1.54) is 30.3 Å². The maximum atomic E-state index is 13.4. The quantitative estimate of drug-likeness (QED) is 0.187. The first-order valence-corrected chi connectivity index (χ1v) is 11.6. The fourth-order valence-electron chi connectivity index (χ4n) is 4.11. The lowest BCUT2D eigenvalue weighted by atomic mass is 9.92. The number of para-hydroxylation sites is 2. The van der Waals surface area contributed by atoms with Crippen molar-refractivity contribution in [2.24, 2.45) is 0 Å². The molecule has 0 amide bonds. The number of nitrogens with one attached hydrogen (secondary N) is 2. The first-order valence-electron chi connectivity index (χ1n) is 11.6. The minimum Gasteiger partial charge on any atom is -0.616 e. The van der Waals surface area contributed by atoms with E-state index in [4.69, 9.17) is 4.74 Å². The number of carbonyl (C=O) groups is 1. The van der Waals surface area contributed by atoms with Crippen LogP contribution in [0.5, 0.6) is 11.6 Å². The van der Waals surface area contributed by atoms with Crippen LogP contribution in [0.15, 0.2) is 91.0 Å². The van der Waals surface area contributed by atoms with E-state index in [1.807, 2.05) is 36.4 Å². The third-order valence-electron chi connectivity index (χ3n) is 5.94. The third-order valence-corrected chi connectivity index (χ3v) is 5.94. The number of anilines is 1. The molecule has 37 heavy (non-hydrogen) atoms. The van der Waals surface area contributed by atoms with Crippen LogP contribution in [-0.2, 0) is 11.3 Å². The lowest BCUT2D eigenvalue weighted by Gasteiger charge is -2.17. The predicted octanol–water partition coefficient (Wildman–Crippen LogP) is 5.35. The van der Waals surface area contributed by atoms with Gasteiger partial charge in [0.25, 0.3) is 0 Å². The van der Waals surface area contributed by atoms with Gasteiger partial charge in [0.1, 0.15) is 11.6 Å². The SMILES string of the molecule is O=C(O)CC(c1ccc(F)cc1)c1cccc(Oc2ccc(CNc3nc4ccccc4[nH]3)cc2)[n+]1[O-]. The van der Waals surface area contributed by atoms with Crippen LogP contribution in [0.4, 0.5) is 10.3 Å². The van der Waals surface area contributed by atoms with E-state index >= 15 is 0 Å². The zero-order valence-electron chi connectivity index (χ0n) is 19.6. The van der Waals surface area contributed by atoms with Gasteiger partial charge in [-0.15, -0.1) is 4.73 Å². The highest BCUT2D eigenvalue weighted by atomic mass is 19.1. The lowest BCUT2D eigenvalue weighted by Crippen LogP contribution is -2.35. The topological polar surface area (TPSA) is 114 Å². The second-order valence-corrected chi connectivity index (χ2v) is 8.49. The van der Waals surface area contributed by atoms with E-state index in [0.717, 1.165) is 16.6 Å². The van der Waals surface area contributed by atoms with Crippen LogP contribution in [0, 0.1) is 11.0 Å². The number of hydrogen-bond acceptors (Lipinski definition) is 5. The van der Waals surface area contributed by atoms with E-state index in [-0.39, 0.29) is 18.0 Å². The summed E-state index contributed by atoms with van der Waals surface area (Å²) in [6, 6.07) is 25.1. The molecule has 9 heteroatoms. The monoisotopic (exact) mass is 498 g/mol. The summed E-state index contributed by atoms with van der Waals surface area (Å²) in [5.41, 5.74) is 3.53. The van der Waals surface area contributed by atoms with Gasteiger partial charge in [0.15, 0.2) is 0 Å². The third kappa shape index (κ3) is 5.51. The molecule has 0 fully saturated rings. The molecule has 0 spiro atoms. The van der Waals surface area contributed by atoms with Crippen LogP contribution < -0.4 is 14.8 Å². The van der Waals surface area contributed by atoms with E-state index in [2.05, 4.69) is 15.3 Å². The van der Waals surface area contributed by atoms with E-state index in [0.29, 0.717) is 28.5 Å². The van der Waals surface area contributed by atoms with E-state index in [1.54, 1.807) is 24.3 Å². The number of pyridine rings is 1. The Balaban J connectivity index is 1.30. The van der Waals surface area contributed by atoms with Crippen LogP contribution in [0.25, 0.3) is 11.0 Å². The van der Waals surface area contributed by atoms with Crippen molar-refractivity contribution in [3.8, 4) is 11.6 Å². The summed E-state index contributed by atoms with van der Waals surface area (Å²) < 4.78 is 19.8. The number of fused-ring (bicyclic) bond motifs is 1. The molecule has 1 atom stereocenters. The molecule has 5 aromatic rings. The molecule has 1 unspecified atom stereocenters. The number of aromatic amines is 1. The van der Waals surface area contributed by atoms with Crippen molar-refractivity contribution >= 4 is 23.0 Å². The number of aromatic nitrogens is 3. The van der Waals surface area contributed by atoms with Gasteiger partial charge in [0.05, 0.1) is 29.4 Å². The largest absolute Gasteiger partial charge is 0.616 e. The molecule has 0 aliphatic heterocycles. The highest BCUT2D eigenvalue weighted by molar-refractivity contribution is 5.77. The van der Waals surface area contributed by atoms with Crippen molar-refractivity contribution in [1.29, 1.82) is 0 Å². The van der Waals surface area contributed by atoms with Crippen molar-refractivity contribution in [3.63, 3.8) is 0 Å². The van der Waals surface area contributed by atoms with Crippen molar-refractivity contribution < 1.29 is 23.8 Å². The number of ether oxygens (including phenoxy) is 1. The minimum atomic E-state index is -1.08. The Bertz CT molecular complexity index is 1500. The van der Waals surface area contributed by atoms with Gasteiger partial charge in [0, 0.05) is 12.6 Å². The molecular weight excluding hydrogens is 475 g/mol. The maximum Gasteiger partial charge on any atom is 0.385 e. The number of imidazole rings is 1. The summed E-state index contributed by atoms with van der Waals surface area (Å²) in [6.45, 7) is 0.533. The first kappa shape index (κ1) is 23.8. The molecule has 0 bridgehead atoms. The molecule has 186 valence electrons. The molecule has 2 aromatic heterocycles. The highest BCUT2D eigenvalue weighted by Crippen LogP contribution is 2.28. The molecule has 0 radical (unpaired) electrons. The standard InChI is InChI=1S/C28H23FN4O4/c29-20-12-10-19(11-13-20)22(16-27(34)35)25-6-3-7-26(33(25)36)37-21-14-8-18(9-15-21)17-30-28-31-23-4-1-2-5-24(23)32-28/h1-15,22H,16-17H2,(H,34,35)(H2,30,31,32). The van der Waals surface area contributed by atoms with Crippen LogP contribution in [0.2, 0.25) is 0 Å². The summed E-state index contributed by atoms with van der Waals surface area (Å²) in [6.07, 6.45) is -0.329. The number of rotatable bonds is 9. The lowest BCUT2D eigenvalue weighted by molar-refractivity contribution is -0.620.